The van der Waals surface area contributed by atoms with E-state index in [2.05, 4.69) is 44.0 Å². The maximum absolute atomic E-state index is 13.3. The molecule has 0 spiro atoms. The van der Waals surface area contributed by atoms with Crippen LogP contribution in [0.15, 0.2) is 55.3 Å². The molecule has 0 radical (unpaired) electrons. The van der Waals surface area contributed by atoms with Crippen LogP contribution in [0.2, 0.25) is 5.02 Å². The van der Waals surface area contributed by atoms with E-state index in [4.69, 9.17) is 16.3 Å². The van der Waals surface area contributed by atoms with E-state index in [0.717, 1.165) is 44.0 Å². The smallest absolute Gasteiger partial charge is 0.416 e. The van der Waals surface area contributed by atoms with Crippen LogP contribution in [0.25, 0.3) is 0 Å². The molecule has 0 unspecified atom stereocenters. The predicted octanol–water partition coefficient (Wildman–Crippen LogP) is 5.55. The molecular weight excluding hydrogens is 547 g/mol. The van der Waals surface area contributed by atoms with Crippen LogP contribution in [-0.2, 0) is 11.0 Å². The topological polar surface area (TPSA) is 85.9 Å². The Kier molecular flexibility index (Phi) is 8.70. The molecule has 3 aromatic rings. The van der Waals surface area contributed by atoms with Gasteiger partial charge in [0.25, 0.3) is 0 Å². The van der Waals surface area contributed by atoms with Crippen LogP contribution < -0.4 is 25.2 Å². The Morgan fingerprint density at radius 3 is 2.55 bits per heavy atom. The number of rotatable bonds is 8. The highest BCUT2D eigenvalue weighted by Gasteiger charge is 2.31. The highest BCUT2D eigenvalue weighted by Crippen LogP contribution is 2.39. The fraction of sp³-hybridized carbons (Fsp3) is 0.296. The normalized spacial score (nSPS) is 14.0. The number of halogens is 4. The number of amides is 1. The summed E-state index contributed by atoms with van der Waals surface area (Å²) in [6, 6.07) is 8.37. The number of alkyl halides is 3. The summed E-state index contributed by atoms with van der Waals surface area (Å²) in [6.45, 7) is 6.77. The standard InChI is InChI=1S/C27H29ClF3N7O2/c1-5-24(39)33-20-14-21(23(40-4)15-22(20)38-11-9-36(2)10-12-38)34-26-32-16-19(28)25(35-26)37(3)18-8-6-7-17(13-18)27(29,30)31/h5-8,13-16H,1,9-12H2,2-4H3,(H,33,39)(H,32,34,35). The van der Waals surface area contributed by atoms with Crippen LogP contribution >= 0.6 is 11.6 Å². The van der Waals surface area contributed by atoms with Gasteiger partial charge in [-0.1, -0.05) is 24.2 Å². The number of methoxy groups -OCH3 is 1. The molecule has 2 heterocycles. The second-order valence-electron chi connectivity index (χ2n) is 9.15. The maximum Gasteiger partial charge on any atom is 0.416 e. The van der Waals surface area contributed by atoms with Crippen LogP contribution in [0.4, 0.5) is 47.7 Å². The number of benzene rings is 2. The summed E-state index contributed by atoms with van der Waals surface area (Å²) in [5.41, 5.74) is 1.22. The minimum Gasteiger partial charge on any atom is -0.494 e. The van der Waals surface area contributed by atoms with Gasteiger partial charge < -0.3 is 30.1 Å². The van der Waals surface area contributed by atoms with Gasteiger partial charge >= 0.3 is 6.18 Å². The quantitative estimate of drug-likeness (QED) is 0.339. The summed E-state index contributed by atoms with van der Waals surface area (Å²) in [5.74, 6) is 0.396. The van der Waals surface area contributed by atoms with Crippen molar-refractivity contribution >= 4 is 52.0 Å². The average molecular weight is 576 g/mol. The van der Waals surface area contributed by atoms with E-state index >= 15 is 0 Å². The van der Waals surface area contributed by atoms with E-state index in [-0.39, 0.29) is 28.4 Å². The molecule has 1 aliphatic heterocycles. The number of ether oxygens (including phenoxy) is 1. The molecule has 1 saturated heterocycles. The number of nitrogens with one attached hydrogen (secondary N) is 2. The van der Waals surface area contributed by atoms with Crippen LogP contribution in [0.5, 0.6) is 5.75 Å². The molecule has 1 fully saturated rings. The van der Waals surface area contributed by atoms with Gasteiger partial charge in [0.1, 0.15) is 10.8 Å². The molecule has 0 aliphatic carbocycles. The van der Waals surface area contributed by atoms with Gasteiger partial charge in [-0.15, -0.1) is 0 Å². The lowest BCUT2D eigenvalue weighted by molar-refractivity contribution is -0.137. The summed E-state index contributed by atoms with van der Waals surface area (Å²) in [5, 5.41) is 6.08. The fourth-order valence-corrected chi connectivity index (χ4v) is 4.43. The first kappa shape index (κ1) is 29.0. The number of hydrogen-bond acceptors (Lipinski definition) is 8. The van der Waals surface area contributed by atoms with Crippen molar-refractivity contribution in [3.8, 4) is 5.75 Å². The minimum absolute atomic E-state index is 0.116. The first-order valence-corrected chi connectivity index (χ1v) is 12.7. The zero-order valence-electron chi connectivity index (χ0n) is 22.2. The van der Waals surface area contributed by atoms with Crippen molar-refractivity contribution in [1.29, 1.82) is 0 Å². The van der Waals surface area contributed by atoms with Crippen molar-refractivity contribution in [1.82, 2.24) is 14.9 Å². The van der Waals surface area contributed by atoms with E-state index in [1.807, 2.05) is 6.07 Å². The molecule has 40 heavy (non-hydrogen) atoms. The van der Waals surface area contributed by atoms with Crippen LogP contribution in [0.1, 0.15) is 5.56 Å². The lowest BCUT2D eigenvalue weighted by Crippen LogP contribution is -2.44. The monoisotopic (exact) mass is 575 g/mol. The molecule has 0 saturated carbocycles. The molecule has 0 bridgehead atoms. The second kappa shape index (κ2) is 12.0. The van der Waals surface area contributed by atoms with Crippen molar-refractivity contribution in [3.05, 3.63) is 65.8 Å². The largest absolute Gasteiger partial charge is 0.494 e. The van der Waals surface area contributed by atoms with E-state index in [1.54, 1.807) is 13.1 Å². The van der Waals surface area contributed by atoms with Gasteiger partial charge in [0, 0.05) is 45.0 Å². The van der Waals surface area contributed by atoms with Gasteiger partial charge in [-0.25, -0.2) is 4.98 Å². The molecule has 13 heteroatoms. The first-order valence-electron chi connectivity index (χ1n) is 12.3. The molecule has 2 N–H and O–H groups in total. The fourth-order valence-electron chi connectivity index (χ4n) is 4.22. The molecule has 2 aromatic carbocycles. The number of hydrogen-bond donors (Lipinski definition) is 2. The van der Waals surface area contributed by atoms with Gasteiger partial charge in [-0.2, -0.15) is 18.2 Å². The average Bonchev–Trinajstić information content (AvgIpc) is 2.94. The number of anilines is 6. The first-order chi connectivity index (χ1) is 19.0. The third-order valence-electron chi connectivity index (χ3n) is 6.46. The Balaban J connectivity index is 1.68. The SMILES string of the molecule is C=CC(=O)Nc1cc(Nc2ncc(Cl)c(N(C)c3cccc(C(F)(F)F)c3)n2)c(OC)cc1N1CCN(C)CC1. The van der Waals surface area contributed by atoms with Gasteiger partial charge in [0.2, 0.25) is 11.9 Å². The zero-order chi connectivity index (χ0) is 29.0. The molecule has 1 amide bonds. The highest BCUT2D eigenvalue weighted by molar-refractivity contribution is 6.33. The Bertz CT molecular complexity index is 1400. The van der Waals surface area contributed by atoms with Crippen molar-refractivity contribution in [2.45, 2.75) is 6.18 Å². The molecule has 9 nitrogen and oxygen atoms in total. The maximum atomic E-state index is 13.3. The van der Waals surface area contributed by atoms with E-state index in [0.29, 0.717) is 17.1 Å². The molecule has 212 valence electrons. The van der Waals surface area contributed by atoms with Gasteiger partial charge in [-0.05, 0) is 37.4 Å². The summed E-state index contributed by atoms with van der Waals surface area (Å²) in [4.78, 5) is 26.8. The Morgan fingerprint density at radius 1 is 1.18 bits per heavy atom. The summed E-state index contributed by atoms with van der Waals surface area (Å²) in [7, 11) is 5.13. The highest BCUT2D eigenvalue weighted by atomic mass is 35.5. The Morgan fingerprint density at radius 2 is 1.90 bits per heavy atom. The predicted molar refractivity (Wildman–Crippen MR) is 151 cm³/mol. The lowest BCUT2D eigenvalue weighted by Gasteiger charge is -2.35. The zero-order valence-corrected chi connectivity index (χ0v) is 23.0. The third kappa shape index (κ3) is 6.57. The number of nitrogens with zero attached hydrogens (tertiary/aromatic N) is 5. The third-order valence-corrected chi connectivity index (χ3v) is 6.72. The molecular formula is C27H29ClF3N7O2. The van der Waals surface area contributed by atoms with E-state index in [1.165, 1.54) is 36.4 Å². The summed E-state index contributed by atoms with van der Waals surface area (Å²) < 4.78 is 45.4. The van der Waals surface area contributed by atoms with Gasteiger partial charge in [0.05, 0.1) is 35.9 Å². The lowest BCUT2D eigenvalue weighted by atomic mass is 10.1. The molecule has 1 aliphatic rings. The Hall–Kier alpha value is -4.03. The van der Waals surface area contributed by atoms with E-state index < -0.39 is 11.7 Å². The van der Waals surface area contributed by atoms with Crippen molar-refractivity contribution < 1.29 is 22.7 Å². The van der Waals surface area contributed by atoms with Crippen molar-refractivity contribution in [3.63, 3.8) is 0 Å². The number of likely N-dealkylation sites (N-methyl/N-ethyl adjacent to an activating group) is 1. The van der Waals surface area contributed by atoms with Crippen LogP contribution in [0, 0.1) is 0 Å². The van der Waals surface area contributed by atoms with Gasteiger partial charge in [0.15, 0.2) is 5.82 Å². The van der Waals surface area contributed by atoms with Crippen LogP contribution in [-0.4, -0.2) is 68.2 Å². The minimum atomic E-state index is -4.50. The van der Waals surface area contributed by atoms with Crippen molar-refractivity contribution in [2.24, 2.45) is 0 Å². The van der Waals surface area contributed by atoms with E-state index in [9.17, 15) is 18.0 Å². The number of carbonyl (C=O) groups is 1. The summed E-state index contributed by atoms with van der Waals surface area (Å²) >= 11 is 6.34. The molecule has 1 aromatic heterocycles. The van der Waals surface area contributed by atoms with Crippen LogP contribution in [0.3, 0.4) is 0 Å². The van der Waals surface area contributed by atoms with Gasteiger partial charge in [-0.3, -0.25) is 4.79 Å². The number of aromatic nitrogens is 2. The molecule has 4 rings (SSSR count). The molecule has 0 atom stereocenters. The second-order valence-corrected chi connectivity index (χ2v) is 9.56. The van der Waals surface area contributed by atoms with Crippen molar-refractivity contribution in [2.75, 3.05) is 67.8 Å². The Labute approximate surface area is 235 Å². The number of carbonyl (C=O) groups excluding carboxylic acids is 1. The summed E-state index contributed by atoms with van der Waals surface area (Å²) in [6.07, 6.45) is -1.96. The number of piperazine rings is 1.